The van der Waals surface area contributed by atoms with E-state index in [0.29, 0.717) is 19.3 Å². The predicted molar refractivity (Wildman–Crippen MR) is 149 cm³/mol. The van der Waals surface area contributed by atoms with E-state index in [1.807, 2.05) is 0 Å². The highest BCUT2D eigenvalue weighted by Crippen LogP contribution is 2.44. The minimum atomic E-state index is -1.64. The van der Waals surface area contributed by atoms with Crippen LogP contribution >= 0.6 is 0 Å². The fourth-order valence-electron chi connectivity index (χ4n) is 7.77. The first-order chi connectivity index (χ1) is 21.4. The minimum absolute atomic E-state index is 0.140. The van der Waals surface area contributed by atoms with Gasteiger partial charge in [-0.15, -0.1) is 0 Å². The Morgan fingerprint density at radius 1 is 0.622 bits per heavy atom. The molecule has 18 unspecified atom stereocenters. The van der Waals surface area contributed by atoms with Gasteiger partial charge in [0.05, 0.1) is 43.0 Å². The van der Waals surface area contributed by atoms with Crippen molar-refractivity contribution >= 4 is 0 Å². The summed E-state index contributed by atoms with van der Waals surface area (Å²) in [5.74, 6) is -0.617. The molecular weight excluding hydrogens is 604 g/mol. The molecule has 0 bridgehead atoms. The molecule has 18 atom stereocenters. The van der Waals surface area contributed by atoms with Gasteiger partial charge in [-0.05, 0) is 26.2 Å². The van der Waals surface area contributed by atoms with Gasteiger partial charge in [0.2, 0.25) is 0 Å². The van der Waals surface area contributed by atoms with E-state index < -0.39 is 123 Å². The van der Waals surface area contributed by atoms with E-state index in [1.165, 1.54) is 14.2 Å². The van der Waals surface area contributed by atoms with Crippen LogP contribution < -0.4 is 0 Å². The zero-order valence-electron chi connectivity index (χ0n) is 25.7. The molecule has 2 aliphatic carbocycles. The Labute approximate surface area is 261 Å². The fraction of sp³-hybridized carbons (Fsp3) is 1.00. The van der Waals surface area contributed by atoms with Gasteiger partial charge in [-0.25, -0.2) is 0 Å². The van der Waals surface area contributed by atoms with Crippen LogP contribution in [0.1, 0.15) is 39.0 Å². The van der Waals surface area contributed by atoms with Crippen molar-refractivity contribution in [2.75, 3.05) is 20.8 Å². The monoisotopic (exact) mass is 655 g/mol. The molecule has 0 aromatic carbocycles. The van der Waals surface area contributed by atoms with Crippen LogP contribution in [-0.2, 0) is 28.4 Å². The Hall–Kier alpha value is -0.640. The molecule has 0 aromatic rings. The lowest BCUT2D eigenvalue weighted by molar-refractivity contribution is -0.366. The number of fused-ring (bicyclic) bond motifs is 1. The Kier molecular flexibility index (Phi) is 11.8. The normalized spacial score (nSPS) is 54.4. The van der Waals surface area contributed by atoms with Gasteiger partial charge in [-0.2, -0.15) is 0 Å². The van der Waals surface area contributed by atoms with Crippen LogP contribution in [0, 0.1) is 11.8 Å². The number of aliphatic hydroxyl groups is 11. The van der Waals surface area contributed by atoms with E-state index in [2.05, 4.69) is 0 Å². The molecule has 0 aromatic heterocycles. The average molecular weight is 656 g/mol. The second-order valence-corrected chi connectivity index (χ2v) is 13.2. The SMILES string of the molecule is COC1CC(C2[OH+]C3CC(O)CC(OC4OC(CO)C(O)C(O)C4O)C3CC2OC2OC(C)C(O)C(O)C2O)CC(OC)C1O. The predicted octanol–water partition coefficient (Wildman–Crippen LogP) is -4.38. The van der Waals surface area contributed by atoms with Crippen LogP contribution in [0.25, 0.3) is 0 Å². The van der Waals surface area contributed by atoms with Crippen LogP contribution in [0.15, 0.2) is 0 Å². The molecule has 0 spiro atoms. The van der Waals surface area contributed by atoms with Crippen LogP contribution in [0.3, 0.4) is 0 Å². The maximum absolute atomic E-state index is 10.9. The standard InChI is InChI=1S/C29H50O16/c1-10-20(32)23(35)25(37)28(41-10)44-18-8-13-14(42-27(18)11-4-16(39-2)21(33)17(5-11)40-3)6-12(31)7-15(13)43-29-26(38)24(36)22(34)19(9-30)45-29/h10-38H,4-9H2,1-3H3/p+1. The highest BCUT2D eigenvalue weighted by molar-refractivity contribution is 5.01. The largest absolute Gasteiger partial charge is 0.427 e. The number of hydrogen-bond acceptors (Lipinski definition) is 15. The zero-order chi connectivity index (χ0) is 32.7. The Balaban J connectivity index is 1.40. The fourth-order valence-corrected chi connectivity index (χ4v) is 7.77. The molecule has 3 aliphatic heterocycles. The maximum Gasteiger partial charge on any atom is 0.187 e. The molecule has 5 fully saturated rings. The highest BCUT2D eigenvalue weighted by Gasteiger charge is 2.57. The third-order valence-electron chi connectivity index (χ3n) is 10.4. The van der Waals surface area contributed by atoms with Gasteiger partial charge in [0, 0.05) is 33.0 Å². The molecule has 3 saturated heterocycles. The van der Waals surface area contributed by atoms with Crippen molar-refractivity contribution in [3.8, 4) is 0 Å². The first kappa shape index (κ1) is 35.7. The van der Waals surface area contributed by atoms with Crippen molar-refractivity contribution in [1.82, 2.24) is 0 Å². The lowest BCUT2D eigenvalue weighted by Gasteiger charge is -2.50. The van der Waals surface area contributed by atoms with Crippen LogP contribution in [0.2, 0.25) is 0 Å². The van der Waals surface area contributed by atoms with Gasteiger partial charge in [0.25, 0.3) is 0 Å². The van der Waals surface area contributed by atoms with Crippen LogP contribution in [-0.4, -0.2) is 182 Å². The molecule has 0 radical (unpaired) electrons. The number of rotatable bonds is 8. The number of aliphatic hydroxyl groups excluding tert-OH is 9. The van der Waals surface area contributed by atoms with Gasteiger partial charge in [-0.1, -0.05) is 0 Å². The third-order valence-corrected chi connectivity index (χ3v) is 10.4. The molecule has 5 aliphatic rings. The quantitative estimate of drug-likeness (QED) is 0.112. The van der Waals surface area contributed by atoms with E-state index >= 15 is 0 Å². The first-order valence-corrected chi connectivity index (χ1v) is 15.8. The molecule has 2 saturated carbocycles. The Morgan fingerprint density at radius 2 is 1.20 bits per heavy atom. The lowest BCUT2D eigenvalue weighted by atomic mass is 9.72. The Morgan fingerprint density at radius 3 is 1.80 bits per heavy atom. The molecule has 3 heterocycles. The molecule has 16 nitrogen and oxygen atoms in total. The minimum Gasteiger partial charge on any atom is -0.427 e. The van der Waals surface area contributed by atoms with Crippen LogP contribution in [0.4, 0.5) is 0 Å². The summed E-state index contributed by atoms with van der Waals surface area (Å²) in [6.45, 7) is 0.928. The second-order valence-electron chi connectivity index (χ2n) is 13.2. The number of methoxy groups -OCH3 is 2. The van der Waals surface area contributed by atoms with E-state index in [0.717, 1.165) is 0 Å². The summed E-state index contributed by atoms with van der Waals surface area (Å²) in [6.07, 6.45) is -17.6. The molecule has 16 heteroatoms. The first-order valence-electron chi connectivity index (χ1n) is 15.8. The van der Waals surface area contributed by atoms with Crippen molar-refractivity contribution in [1.29, 1.82) is 0 Å². The van der Waals surface area contributed by atoms with Crippen molar-refractivity contribution in [2.24, 2.45) is 11.8 Å². The number of hydrogen-bond donors (Lipinski definition) is 9. The van der Waals surface area contributed by atoms with Gasteiger partial charge < -0.3 is 79.1 Å². The summed E-state index contributed by atoms with van der Waals surface area (Å²) < 4.78 is 40.2. The molecule has 45 heavy (non-hydrogen) atoms. The van der Waals surface area contributed by atoms with Gasteiger partial charge in [0.1, 0.15) is 54.9 Å². The summed E-state index contributed by atoms with van der Waals surface area (Å²) in [4.78, 5) is 0. The van der Waals surface area contributed by atoms with E-state index in [1.54, 1.807) is 6.92 Å². The second kappa shape index (κ2) is 14.9. The van der Waals surface area contributed by atoms with Crippen molar-refractivity contribution < 1.29 is 79.1 Å². The summed E-state index contributed by atoms with van der Waals surface area (Å²) in [6, 6.07) is 0. The highest BCUT2D eigenvalue weighted by atomic mass is 16.7. The molecule has 10 N–H and O–H groups in total. The average Bonchev–Trinajstić information content (AvgIpc) is 3.02. The van der Waals surface area contributed by atoms with Gasteiger partial charge in [0.15, 0.2) is 24.8 Å². The topological polar surface area (TPSA) is 250 Å². The number of ether oxygens (including phenoxy) is 7. The third kappa shape index (κ3) is 7.22. The van der Waals surface area contributed by atoms with Crippen LogP contribution in [0.5, 0.6) is 0 Å². The smallest absolute Gasteiger partial charge is 0.187 e. The Bertz CT molecular complexity index is 930. The molecular formula is C29H51O16+. The summed E-state index contributed by atoms with van der Waals surface area (Å²) in [5, 5.41) is 93.8. The van der Waals surface area contributed by atoms with Crippen molar-refractivity contribution in [3.63, 3.8) is 0 Å². The van der Waals surface area contributed by atoms with Crippen molar-refractivity contribution in [2.45, 2.75) is 149 Å². The molecule has 5 rings (SSSR count). The zero-order valence-corrected chi connectivity index (χ0v) is 25.7. The summed E-state index contributed by atoms with van der Waals surface area (Å²) >= 11 is 0. The van der Waals surface area contributed by atoms with Gasteiger partial charge in [-0.3, -0.25) is 0 Å². The van der Waals surface area contributed by atoms with E-state index in [9.17, 15) is 46.0 Å². The van der Waals surface area contributed by atoms with E-state index in [4.69, 9.17) is 33.2 Å². The molecule has 0 amide bonds. The summed E-state index contributed by atoms with van der Waals surface area (Å²) in [7, 11) is 3.01. The molecule has 262 valence electrons. The lowest BCUT2D eigenvalue weighted by Crippen LogP contribution is -2.64. The van der Waals surface area contributed by atoms with Gasteiger partial charge >= 0.3 is 0 Å². The summed E-state index contributed by atoms with van der Waals surface area (Å²) in [5.41, 5.74) is 0. The van der Waals surface area contributed by atoms with E-state index in [-0.39, 0.29) is 18.8 Å². The maximum atomic E-state index is 10.9. The van der Waals surface area contributed by atoms with Crippen molar-refractivity contribution in [3.05, 3.63) is 0 Å².